The molecule has 0 fully saturated rings. The maximum absolute atomic E-state index is 9.60. The van der Waals surface area contributed by atoms with Crippen molar-refractivity contribution in [3.05, 3.63) is 12.2 Å². The molecule has 1 N–H and O–H groups in total. The van der Waals surface area contributed by atoms with Gasteiger partial charge in [-0.25, -0.2) is 4.79 Å². The molecule has 0 radical (unpaired) electrons. The van der Waals surface area contributed by atoms with Crippen LogP contribution in [0.2, 0.25) is 0 Å². The van der Waals surface area contributed by atoms with Gasteiger partial charge in [-0.15, -0.1) is 0 Å². The second-order valence-electron chi connectivity index (χ2n) is 1.09. The van der Waals surface area contributed by atoms with Gasteiger partial charge < -0.3 is 5.11 Å². The molecule has 0 heterocycles. The molecule has 0 unspecified atom stereocenters. The molecule has 0 rings (SSSR count). The van der Waals surface area contributed by atoms with Crippen LogP contribution < -0.4 is 0 Å². The molecular formula is C4H6O3Zr. The number of carboxylic acid groups (broad SMARTS) is 1. The molecule has 3 nitrogen and oxygen atoms in total. The Bertz CT molecular complexity index is 87.5. The number of rotatable bonds is 1. The summed E-state index contributed by atoms with van der Waals surface area (Å²) < 4.78 is 8.34. The first-order valence-electron chi connectivity index (χ1n) is 1.74. The molecule has 8 heavy (non-hydrogen) atoms. The predicted molar refractivity (Wildman–Crippen MR) is 23.1 cm³/mol. The van der Waals surface area contributed by atoms with Gasteiger partial charge in [0.15, 0.2) is 0 Å². The second kappa shape index (κ2) is 6.89. The number of hydrogen-bond acceptors (Lipinski definition) is 2. The third-order valence-electron chi connectivity index (χ3n) is 0.365. The molecule has 0 aliphatic rings. The van der Waals surface area contributed by atoms with Gasteiger partial charge in [-0.05, 0) is 6.92 Å². The van der Waals surface area contributed by atoms with Gasteiger partial charge in [-0.1, -0.05) is 6.58 Å². The van der Waals surface area contributed by atoms with Crippen molar-refractivity contribution in [1.82, 2.24) is 0 Å². The Kier molecular flexibility index (Phi) is 9.30. The molecule has 0 saturated carbocycles. The Labute approximate surface area is 62.7 Å². The van der Waals surface area contributed by atoms with Crippen LogP contribution in [0.4, 0.5) is 0 Å². The van der Waals surface area contributed by atoms with Gasteiger partial charge >= 0.3 is 33.5 Å². The minimum absolute atomic E-state index is 0.176. The van der Waals surface area contributed by atoms with Gasteiger partial charge in [0, 0.05) is 5.57 Å². The van der Waals surface area contributed by atoms with Crippen LogP contribution in [-0.2, 0) is 32.3 Å². The van der Waals surface area contributed by atoms with E-state index in [0.29, 0.717) is 24.7 Å². The van der Waals surface area contributed by atoms with E-state index < -0.39 is 5.97 Å². The topological polar surface area (TPSA) is 54.4 Å². The van der Waals surface area contributed by atoms with Crippen molar-refractivity contribution >= 4 is 5.97 Å². The van der Waals surface area contributed by atoms with E-state index in [2.05, 4.69) is 6.58 Å². The maximum atomic E-state index is 9.60. The van der Waals surface area contributed by atoms with Gasteiger partial charge in [0.25, 0.3) is 0 Å². The fourth-order valence-corrected chi connectivity index (χ4v) is 0. The number of hydrogen-bond donors (Lipinski definition) is 1. The SMILES string of the molecule is C=C(C)C(=O)O.[O]=[Zr]. The van der Waals surface area contributed by atoms with Crippen molar-refractivity contribution < 1.29 is 37.4 Å². The molecule has 0 aromatic rings. The number of carboxylic acids is 1. The molecular weight excluding hydrogens is 187 g/mol. The molecule has 44 valence electrons. The summed E-state index contributed by atoms with van der Waals surface area (Å²) in [5, 5.41) is 7.89. The molecule has 0 bridgehead atoms. The van der Waals surface area contributed by atoms with Gasteiger partial charge in [-0.2, -0.15) is 0 Å². The fraction of sp³-hybridized carbons (Fsp3) is 0.250. The van der Waals surface area contributed by atoms with Gasteiger partial charge in [0.1, 0.15) is 0 Å². The first-order chi connectivity index (χ1) is 3.64. The monoisotopic (exact) mass is 192 g/mol. The molecule has 0 atom stereocenters. The van der Waals surface area contributed by atoms with Crippen molar-refractivity contribution in [2.24, 2.45) is 0 Å². The van der Waals surface area contributed by atoms with Crippen LogP contribution in [0.1, 0.15) is 6.92 Å². The molecule has 0 saturated heterocycles. The summed E-state index contributed by atoms with van der Waals surface area (Å²) in [4.78, 5) is 9.60. The standard InChI is InChI=1S/C4H6O2.O.Zr/c1-3(2)4(5)6;;/h1H2,2H3,(H,5,6);;. The zero-order valence-corrected chi connectivity index (χ0v) is 6.93. The molecule has 0 aromatic heterocycles. The minimum atomic E-state index is -0.935. The van der Waals surface area contributed by atoms with Crippen LogP contribution in [0.25, 0.3) is 0 Å². The summed E-state index contributed by atoms with van der Waals surface area (Å²) in [5.41, 5.74) is 0.176. The molecule has 0 aromatic carbocycles. The van der Waals surface area contributed by atoms with E-state index in [-0.39, 0.29) is 5.57 Å². The molecule has 0 spiro atoms. The normalized spacial score (nSPS) is 6.00. The summed E-state index contributed by atoms with van der Waals surface area (Å²) in [6.07, 6.45) is 0. The molecule has 4 heteroatoms. The Hall–Kier alpha value is -0.107. The van der Waals surface area contributed by atoms with Crippen LogP contribution in [0.3, 0.4) is 0 Å². The van der Waals surface area contributed by atoms with Crippen LogP contribution in [-0.4, -0.2) is 11.1 Å². The first kappa shape index (κ1) is 10.8. The summed E-state index contributed by atoms with van der Waals surface area (Å²) in [7, 11) is 0. The van der Waals surface area contributed by atoms with E-state index in [9.17, 15) is 4.79 Å². The van der Waals surface area contributed by atoms with E-state index in [1.165, 1.54) is 6.92 Å². The van der Waals surface area contributed by atoms with Gasteiger partial charge in [0.2, 0.25) is 0 Å². The van der Waals surface area contributed by atoms with Gasteiger partial charge in [-0.3, -0.25) is 0 Å². The van der Waals surface area contributed by atoms with E-state index in [0.717, 1.165) is 0 Å². The summed E-state index contributed by atoms with van der Waals surface area (Å²) >= 11 is 0.300. The average Bonchev–Trinajstić information content (AvgIpc) is 1.72. The summed E-state index contributed by atoms with van der Waals surface area (Å²) in [5.74, 6) is -0.935. The van der Waals surface area contributed by atoms with Crippen LogP contribution in [0, 0.1) is 0 Å². The average molecular weight is 193 g/mol. The number of aliphatic carboxylic acids is 1. The van der Waals surface area contributed by atoms with Crippen LogP contribution in [0.5, 0.6) is 0 Å². The van der Waals surface area contributed by atoms with Crippen LogP contribution in [0.15, 0.2) is 12.2 Å². The van der Waals surface area contributed by atoms with Crippen molar-refractivity contribution in [2.45, 2.75) is 6.92 Å². The van der Waals surface area contributed by atoms with Crippen molar-refractivity contribution in [2.75, 3.05) is 0 Å². The Balaban J connectivity index is 0. The van der Waals surface area contributed by atoms with E-state index in [4.69, 9.17) is 7.92 Å². The zero-order valence-electron chi connectivity index (χ0n) is 4.47. The molecule has 0 amide bonds. The van der Waals surface area contributed by atoms with E-state index >= 15 is 0 Å². The number of carbonyl (C=O) groups is 1. The third kappa shape index (κ3) is 9.31. The fourth-order valence-electron chi connectivity index (χ4n) is 0. The molecule has 0 aliphatic carbocycles. The Morgan fingerprint density at radius 3 is 1.75 bits per heavy atom. The van der Waals surface area contributed by atoms with Crippen LogP contribution >= 0.6 is 0 Å². The van der Waals surface area contributed by atoms with Crippen molar-refractivity contribution in [3.63, 3.8) is 0 Å². The zero-order chi connectivity index (χ0) is 7.15. The summed E-state index contributed by atoms with van der Waals surface area (Å²) in [6.45, 7) is 4.60. The second-order valence-corrected chi connectivity index (χ2v) is 1.09. The Morgan fingerprint density at radius 1 is 1.62 bits per heavy atom. The molecule has 0 aliphatic heterocycles. The predicted octanol–water partition coefficient (Wildman–Crippen LogP) is 0.526. The van der Waals surface area contributed by atoms with E-state index in [1.54, 1.807) is 0 Å². The van der Waals surface area contributed by atoms with Crippen molar-refractivity contribution in [3.8, 4) is 0 Å². The quantitative estimate of drug-likeness (QED) is 0.618. The summed E-state index contributed by atoms with van der Waals surface area (Å²) in [6, 6.07) is 0. The van der Waals surface area contributed by atoms with Gasteiger partial charge in [0.05, 0.1) is 0 Å². The first-order valence-corrected chi connectivity index (χ1v) is 2.74. The van der Waals surface area contributed by atoms with Crippen molar-refractivity contribution in [1.29, 1.82) is 0 Å². The third-order valence-corrected chi connectivity index (χ3v) is 0.365. The van der Waals surface area contributed by atoms with E-state index in [1.807, 2.05) is 0 Å². The Morgan fingerprint density at radius 2 is 1.75 bits per heavy atom.